The van der Waals surface area contributed by atoms with Gasteiger partial charge in [-0.25, -0.2) is 0 Å². The standard InChI is InChI=1S/C29H24N2O/c1-21-8-12-23(13-9-21)16-17-25(19-24-14-10-22(2)11-15-24)20-28(32)31-27-7-3-5-26-6-4-18-30-29(26)27/h3-15,18-19H,20H2,1-2H3,(H,31,32)/b25-19-. The minimum Gasteiger partial charge on any atom is -0.324 e. The van der Waals surface area contributed by atoms with Gasteiger partial charge in [-0.3, -0.25) is 9.78 Å². The fourth-order valence-electron chi connectivity index (χ4n) is 3.36. The summed E-state index contributed by atoms with van der Waals surface area (Å²) >= 11 is 0. The number of pyridine rings is 1. The Bertz CT molecular complexity index is 1330. The van der Waals surface area contributed by atoms with Gasteiger partial charge in [-0.2, -0.15) is 0 Å². The van der Waals surface area contributed by atoms with Gasteiger partial charge in [0.05, 0.1) is 17.6 Å². The summed E-state index contributed by atoms with van der Waals surface area (Å²) in [7, 11) is 0. The molecule has 0 aliphatic carbocycles. The largest absolute Gasteiger partial charge is 0.324 e. The number of anilines is 1. The second-order valence-electron chi connectivity index (χ2n) is 7.80. The SMILES string of the molecule is Cc1ccc(C#C/C(=C/c2ccc(C)cc2)CC(=O)Nc2cccc3cccnc23)cc1. The number of para-hydroxylation sites is 1. The van der Waals surface area contributed by atoms with E-state index in [0.717, 1.165) is 27.6 Å². The van der Waals surface area contributed by atoms with E-state index in [-0.39, 0.29) is 12.3 Å². The van der Waals surface area contributed by atoms with Gasteiger partial charge in [-0.1, -0.05) is 77.6 Å². The lowest BCUT2D eigenvalue weighted by molar-refractivity contribution is -0.115. The Hall–Kier alpha value is -4.16. The summed E-state index contributed by atoms with van der Waals surface area (Å²) in [6, 6.07) is 25.9. The molecule has 1 heterocycles. The Morgan fingerprint density at radius 2 is 1.59 bits per heavy atom. The minimum atomic E-state index is -0.125. The highest BCUT2D eigenvalue weighted by molar-refractivity contribution is 6.01. The van der Waals surface area contributed by atoms with Crippen LogP contribution >= 0.6 is 0 Å². The Kier molecular flexibility index (Phi) is 6.43. The van der Waals surface area contributed by atoms with Crippen LogP contribution < -0.4 is 5.32 Å². The van der Waals surface area contributed by atoms with Crippen LogP contribution in [0.4, 0.5) is 5.69 Å². The topological polar surface area (TPSA) is 42.0 Å². The summed E-state index contributed by atoms with van der Waals surface area (Å²) in [4.78, 5) is 17.3. The van der Waals surface area contributed by atoms with Crippen LogP contribution in [0.3, 0.4) is 0 Å². The molecule has 3 heteroatoms. The molecule has 4 rings (SSSR count). The van der Waals surface area contributed by atoms with Crippen molar-refractivity contribution >= 4 is 28.6 Å². The van der Waals surface area contributed by atoms with Crippen molar-refractivity contribution in [3.63, 3.8) is 0 Å². The van der Waals surface area contributed by atoms with Crippen LogP contribution in [0.1, 0.15) is 28.7 Å². The number of aromatic nitrogens is 1. The number of amides is 1. The predicted molar refractivity (Wildman–Crippen MR) is 132 cm³/mol. The van der Waals surface area contributed by atoms with Crippen LogP contribution in [-0.2, 0) is 4.79 Å². The van der Waals surface area contributed by atoms with E-state index < -0.39 is 0 Å². The molecule has 0 saturated heterocycles. The summed E-state index contributed by atoms with van der Waals surface area (Å²) in [6.45, 7) is 4.10. The van der Waals surface area contributed by atoms with Crippen LogP contribution in [0.5, 0.6) is 0 Å². The first-order valence-corrected chi connectivity index (χ1v) is 10.6. The maximum Gasteiger partial charge on any atom is 0.229 e. The maximum atomic E-state index is 12.9. The molecule has 3 nitrogen and oxygen atoms in total. The zero-order valence-corrected chi connectivity index (χ0v) is 18.2. The van der Waals surface area contributed by atoms with Gasteiger partial charge in [0.2, 0.25) is 5.91 Å². The number of hydrogen-bond acceptors (Lipinski definition) is 2. The molecule has 1 aromatic heterocycles. The molecule has 156 valence electrons. The van der Waals surface area contributed by atoms with Crippen molar-refractivity contribution in [2.24, 2.45) is 0 Å². The highest BCUT2D eigenvalue weighted by Gasteiger charge is 2.09. The highest BCUT2D eigenvalue weighted by atomic mass is 16.1. The van der Waals surface area contributed by atoms with Crippen LogP contribution in [-0.4, -0.2) is 10.9 Å². The smallest absolute Gasteiger partial charge is 0.229 e. The first kappa shape index (κ1) is 21.1. The summed E-state index contributed by atoms with van der Waals surface area (Å²) in [5, 5.41) is 3.99. The molecule has 1 N–H and O–H groups in total. The quantitative estimate of drug-likeness (QED) is 0.396. The Labute approximate surface area is 188 Å². The number of rotatable bonds is 4. The number of carbonyl (C=O) groups is 1. The van der Waals surface area contributed by atoms with E-state index in [9.17, 15) is 4.79 Å². The molecular formula is C29H24N2O. The molecule has 0 unspecified atom stereocenters. The lowest BCUT2D eigenvalue weighted by Gasteiger charge is -2.08. The molecule has 0 bridgehead atoms. The monoisotopic (exact) mass is 416 g/mol. The van der Waals surface area contributed by atoms with Gasteiger partial charge in [0.25, 0.3) is 0 Å². The molecule has 0 radical (unpaired) electrons. The molecule has 0 saturated carbocycles. The van der Waals surface area contributed by atoms with Gasteiger partial charge in [-0.15, -0.1) is 0 Å². The zero-order valence-electron chi connectivity index (χ0n) is 18.2. The Morgan fingerprint density at radius 3 is 2.34 bits per heavy atom. The van der Waals surface area contributed by atoms with Gasteiger partial charge in [-0.05, 0) is 49.8 Å². The third-order valence-electron chi connectivity index (χ3n) is 5.10. The first-order chi connectivity index (χ1) is 15.6. The lowest BCUT2D eigenvalue weighted by atomic mass is 10.1. The highest BCUT2D eigenvalue weighted by Crippen LogP contribution is 2.21. The summed E-state index contributed by atoms with van der Waals surface area (Å²) in [6.07, 6.45) is 3.88. The number of fused-ring (bicyclic) bond motifs is 1. The molecule has 0 fully saturated rings. The number of carbonyl (C=O) groups excluding carboxylic acids is 1. The Morgan fingerprint density at radius 1 is 0.906 bits per heavy atom. The van der Waals surface area contributed by atoms with Gasteiger partial charge in [0.1, 0.15) is 0 Å². The van der Waals surface area contributed by atoms with Crippen molar-refractivity contribution < 1.29 is 4.79 Å². The summed E-state index contributed by atoms with van der Waals surface area (Å²) in [5.41, 5.74) is 6.55. The Balaban J connectivity index is 1.60. The normalized spacial score (nSPS) is 11.0. The summed E-state index contributed by atoms with van der Waals surface area (Å²) in [5.74, 6) is 6.27. The lowest BCUT2D eigenvalue weighted by Crippen LogP contribution is -2.12. The van der Waals surface area contributed by atoms with Crippen molar-refractivity contribution in [2.75, 3.05) is 5.32 Å². The molecule has 0 spiro atoms. The number of nitrogens with zero attached hydrogens (tertiary/aromatic N) is 1. The molecule has 4 aromatic rings. The van der Waals surface area contributed by atoms with Crippen LogP contribution in [0.25, 0.3) is 17.0 Å². The molecular weight excluding hydrogens is 392 g/mol. The maximum absolute atomic E-state index is 12.9. The molecule has 3 aromatic carbocycles. The fourth-order valence-corrected chi connectivity index (χ4v) is 3.36. The number of benzene rings is 3. The third-order valence-corrected chi connectivity index (χ3v) is 5.10. The summed E-state index contributed by atoms with van der Waals surface area (Å²) < 4.78 is 0. The molecule has 0 aliphatic heterocycles. The van der Waals surface area contributed by atoms with Crippen LogP contribution in [0, 0.1) is 25.7 Å². The number of hydrogen-bond donors (Lipinski definition) is 1. The predicted octanol–water partition coefficient (Wildman–Crippen LogP) is 6.32. The van der Waals surface area contributed by atoms with Crippen LogP contribution in [0.15, 0.2) is 90.6 Å². The fraction of sp³-hybridized carbons (Fsp3) is 0.103. The first-order valence-electron chi connectivity index (χ1n) is 10.6. The van der Waals surface area contributed by atoms with Crippen molar-refractivity contribution in [1.82, 2.24) is 4.98 Å². The van der Waals surface area contributed by atoms with Gasteiger partial charge < -0.3 is 5.32 Å². The second-order valence-corrected chi connectivity index (χ2v) is 7.80. The zero-order chi connectivity index (χ0) is 22.3. The van der Waals surface area contributed by atoms with Crippen molar-refractivity contribution in [3.8, 4) is 11.8 Å². The van der Waals surface area contributed by atoms with E-state index in [0.29, 0.717) is 5.69 Å². The molecule has 32 heavy (non-hydrogen) atoms. The van der Waals surface area contributed by atoms with Crippen molar-refractivity contribution in [1.29, 1.82) is 0 Å². The number of nitrogens with one attached hydrogen (secondary N) is 1. The van der Waals surface area contributed by atoms with Crippen molar-refractivity contribution in [3.05, 3.63) is 113 Å². The van der Waals surface area contributed by atoms with Crippen molar-refractivity contribution in [2.45, 2.75) is 20.3 Å². The molecule has 1 amide bonds. The van der Waals surface area contributed by atoms with Gasteiger partial charge in [0.15, 0.2) is 0 Å². The van der Waals surface area contributed by atoms with Crippen LogP contribution in [0.2, 0.25) is 0 Å². The molecule has 0 atom stereocenters. The average Bonchev–Trinajstić information content (AvgIpc) is 2.80. The molecule has 0 aliphatic rings. The van der Waals surface area contributed by atoms with E-state index in [1.165, 1.54) is 11.1 Å². The van der Waals surface area contributed by atoms with E-state index >= 15 is 0 Å². The van der Waals surface area contributed by atoms with E-state index in [1.54, 1.807) is 6.20 Å². The van der Waals surface area contributed by atoms with Gasteiger partial charge >= 0.3 is 0 Å². The van der Waals surface area contributed by atoms with E-state index in [2.05, 4.69) is 41.2 Å². The second kappa shape index (κ2) is 9.76. The number of aryl methyl sites for hydroxylation is 2. The van der Waals surface area contributed by atoms with Gasteiger partial charge in [0, 0.05) is 22.7 Å². The van der Waals surface area contributed by atoms with E-state index in [1.807, 2.05) is 79.7 Å². The minimum absolute atomic E-state index is 0.125. The average molecular weight is 417 g/mol. The third kappa shape index (κ3) is 5.50. The van der Waals surface area contributed by atoms with E-state index in [4.69, 9.17) is 0 Å².